The molecule has 112 valence electrons. The zero-order valence-electron chi connectivity index (χ0n) is 12.4. The summed E-state index contributed by atoms with van der Waals surface area (Å²) in [5.41, 5.74) is 0. The summed E-state index contributed by atoms with van der Waals surface area (Å²) in [5, 5.41) is 12.8. The summed E-state index contributed by atoms with van der Waals surface area (Å²) in [5.74, 6) is 3.33. The van der Waals surface area contributed by atoms with Gasteiger partial charge in [0.15, 0.2) is 0 Å². The average Bonchev–Trinajstić information content (AvgIpc) is 2.93. The minimum atomic E-state index is 0.0272. The molecule has 0 spiro atoms. The normalized spacial score (nSPS) is 28.6. The van der Waals surface area contributed by atoms with Crippen LogP contribution in [0.1, 0.15) is 82.3 Å². The van der Waals surface area contributed by atoms with E-state index < -0.39 is 0 Å². The first-order valence-electron chi connectivity index (χ1n) is 8.47. The van der Waals surface area contributed by atoms with Crippen molar-refractivity contribution < 1.29 is 9.63 Å². The molecule has 2 saturated carbocycles. The number of aromatic hydroxyl groups is 1. The van der Waals surface area contributed by atoms with E-state index in [1.54, 1.807) is 6.07 Å². The summed E-state index contributed by atoms with van der Waals surface area (Å²) >= 11 is 0. The number of aromatic nitrogens is 1. The second-order valence-electron chi connectivity index (χ2n) is 6.89. The van der Waals surface area contributed by atoms with Crippen LogP contribution in [0.4, 0.5) is 0 Å². The van der Waals surface area contributed by atoms with E-state index in [-0.39, 0.29) is 5.88 Å². The third-order valence-corrected chi connectivity index (χ3v) is 5.47. The Hall–Kier alpha value is -0.990. The molecule has 0 amide bonds. The highest BCUT2D eigenvalue weighted by Crippen LogP contribution is 2.39. The highest BCUT2D eigenvalue weighted by atomic mass is 16.5. The van der Waals surface area contributed by atoms with Gasteiger partial charge in [-0.1, -0.05) is 44.9 Å². The molecule has 0 bridgehead atoms. The molecular weight excluding hydrogens is 250 g/mol. The third-order valence-electron chi connectivity index (χ3n) is 5.47. The minimum Gasteiger partial charge on any atom is -0.491 e. The van der Waals surface area contributed by atoms with Crippen LogP contribution in [-0.2, 0) is 0 Å². The maximum Gasteiger partial charge on any atom is 0.251 e. The summed E-state index contributed by atoms with van der Waals surface area (Å²) in [7, 11) is 0. The molecule has 0 radical (unpaired) electrons. The first-order chi connectivity index (χ1) is 9.81. The van der Waals surface area contributed by atoms with Crippen molar-refractivity contribution in [2.45, 2.75) is 76.5 Å². The Morgan fingerprint density at radius 3 is 2.20 bits per heavy atom. The van der Waals surface area contributed by atoms with E-state index in [1.165, 1.54) is 70.6 Å². The fraction of sp³-hybridized carbons (Fsp3) is 0.824. The number of nitrogens with zero attached hydrogens (tertiary/aromatic N) is 1. The van der Waals surface area contributed by atoms with Crippen molar-refractivity contribution in [1.82, 2.24) is 5.16 Å². The molecule has 0 aliphatic heterocycles. The van der Waals surface area contributed by atoms with Crippen LogP contribution in [-0.4, -0.2) is 10.3 Å². The molecule has 20 heavy (non-hydrogen) atoms. The quantitative estimate of drug-likeness (QED) is 0.841. The van der Waals surface area contributed by atoms with E-state index in [0.717, 1.165) is 17.6 Å². The van der Waals surface area contributed by atoms with Crippen LogP contribution in [0, 0.1) is 11.8 Å². The average molecular weight is 277 g/mol. The molecule has 3 heteroatoms. The van der Waals surface area contributed by atoms with Crippen molar-refractivity contribution in [3.63, 3.8) is 0 Å². The highest BCUT2D eigenvalue weighted by molar-refractivity contribution is 5.13. The molecule has 1 aromatic heterocycles. The molecule has 2 aliphatic rings. The topological polar surface area (TPSA) is 46.3 Å². The lowest BCUT2D eigenvalue weighted by Gasteiger charge is -2.29. The Kier molecular flexibility index (Phi) is 4.64. The van der Waals surface area contributed by atoms with Gasteiger partial charge in [-0.05, 0) is 42.7 Å². The van der Waals surface area contributed by atoms with Crippen LogP contribution >= 0.6 is 0 Å². The van der Waals surface area contributed by atoms with Gasteiger partial charge in [0, 0.05) is 12.0 Å². The molecule has 1 aromatic rings. The standard InChI is InChI=1S/C17H27NO2/c19-17-12-16(20-18-17)15-10-8-14(9-11-15)7-6-13-4-2-1-3-5-13/h12-15H,1-11H2,(H,18,19). The van der Waals surface area contributed by atoms with Gasteiger partial charge in [0.2, 0.25) is 0 Å². The van der Waals surface area contributed by atoms with Crippen LogP contribution in [0.2, 0.25) is 0 Å². The molecule has 0 unspecified atom stereocenters. The zero-order chi connectivity index (χ0) is 13.8. The minimum absolute atomic E-state index is 0.0272. The Bertz CT molecular complexity index is 401. The molecule has 0 aromatic carbocycles. The molecule has 2 aliphatic carbocycles. The van der Waals surface area contributed by atoms with Gasteiger partial charge < -0.3 is 9.63 Å². The van der Waals surface area contributed by atoms with Crippen LogP contribution in [0.3, 0.4) is 0 Å². The van der Waals surface area contributed by atoms with Gasteiger partial charge in [-0.2, -0.15) is 0 Å². The molecule has 2 fully saturated rings. The van der Waals surface area contributed by atoms with Crippen molar-refractivity contribution in [2.75, 3.05) is 0 Å². The van der Waals surface area contributed by atoms with Crippen LogP contribution in [0.5, 0.6) is 5.88 Å². The number of rotatable bonds is 4. The van der Waals surface area contributed by atoms with E-state index in [1.807, 2.05) is 0 Å². The van der Waals surface area contributed by atoms with Crippen molar-refractivity contribution >= 4 is 0 Å². The fourth-order valence-electron chi connectivity index (χ4n) is 4.15. The number of hydrogen-bond acceptors (Lipinski definition) is 3. The Balaban J connectivity index is 1.39. The van der Waals surface area contributed by atoms with E-state index >= 15 is 0 Å². The van der Waals surface area contributed by atoms with Gasteiger partial charge >= 0.3 is 0 Å². The van der Waals surface area contributed by atoms with Gasteiger partial charge in [-0.3, -0.25) is 0 Å². The molecule has 1 heterocycles. The zero-order valence-corrected chi connectivity index (χ0v) is 12.4. The van der Waals surface area contributed by atoms with Crippen LogP contribution in [0.25, 0.3) is 0 Å². The van der Waals surface area contributed by atoms with Crippen molar-refractivity contribution in [3.05, 3.63) is 11.8 Å². The smallest absolute Gasteiger partial charge is 0.251 e. The maximum absolute atomic E-state index is 9.26. The summed E-state index contributed by atoms with van der Waals surface area (Å²) < 4.78 is 5.19. The second-order valence-corrected chi connectivity index (χ2v) is 6.89. The maximum atomic E-state index is 9.26. The molecule has 1 N–H and O–H groups in total. The lowest BCUT2D eigenvalue weighted by molar-refractivity contribution is 0.241. The molecular formula is C17H27NO2. The Morgan fingerprint density at radius 2 is 1.60 bits per heavy atom. The lowest BCUT2D eigenvalue weighted by Crippen LogP contribution is -2.15. The summed E-state index contributed by atoms with van der Waals surface area (Å²) in [6, 6.07) is 1.69. The molecule has 0 atom stereocenters. The van der Waals surface area contributed by atoms with Gasteiger partial charge in [-0.15, -0.1) is 0 Å². The predicted octanol–water partition coefficient (Wildman–Crippen LogP) is 5.01. The largest absolute Gasteiger partial charge is 0.491 e. The van der Waals surface area contributed by atoms with Gasteiger partial charge in [0.25, 0.3) is 5.88 Å². The highest BCUT2D eigenvalue weighted by Gasteiger charge is 2.26. The SMILES string of the molecule is Oc1cc(C2CCC(CCC3CCCCC3)CC2)on1. The Morgan fingerprint density at radius 1 is 0.950 bits per heavy atom. The lowest BCUT2D eigenvalue weighted by atomic mass is 9.76. The Labute approximate surface area is 121 Å². The number of hydrogen-bond donors (Lipinski definition) is 1. The van der Waals surface area contributed by atoms with Gasteiger partial charge in [0.05, 0.1) is 0 Å². The molecule has 3 rings (SSSR count). The van der Waals surface area contributed by atoms with Crippen LogP contribution < -0.4 is 0 Å². The van der Waals surface area contributed by atoms with E-state index in [4.69, 9.17) is 4.52 Å². The van der Waals surface area contributed by atoms with Crippen molar-refractivity contribution in [2.24, 2.45) is 11.8 Å². The summed E-state index contributed by atoms with van der Waals surface area (Å²) in [6.07, 6.45) is 15.3. The summed E-state index contributed by atoms with van der Waals surface area (Å²) in [4.78, 5) is 0. The molecule has 0 saturated heterocycles. The second kappa shape index (κ2) is 6.64. The summed E-state index contributed by atoms with van der Waals surface area (Å²) in [6.45, 7) is 0. The first kappa shape index (κ1) is 14.0. The van der Waals surface area contributed by atoms with E-state index in [9.17, 15) is 5.11 Å². The van der Waals surface area contributed by atoms with Gasteiger partial charge in [-0.25, -0.2) is 0 Å². The fourth-order valence-corrected chi connectivity index (χ4v) is 4.15. The van der Waals surface area contributed by atoms with Crippen molar-refractivity contribution in [3.8, 4) is 5.88 Å². The monoisotopic (exact) mass is 277 g/mol. The van der Waals surface area contributed by atoms with Gasteiger partial charge in [0.1, 0.15) is 5.76 Å². The van der Waals surface area contributed by atoms with Crippen LogP contribution in [0.15, 0.2) is 10.6 Å². The van der Waals surface area contributed by atoms with Crippen molar-refractivity contribution in [1.29, 1.82) is 0 Å². The van der Waals surface area contributed by atoms with E-state index in [2.05, 4.69) is 5.16 Å². The van der Waals surface area contributed by atoms with E-state index in [0.29, 0.717) is 5.92 Å². The predicted molar refractivity (Wildman–Crippen MR) is 78.7 cm³/mol. The molecule has 3 nitrogen and oxygen atoms in total. The third kappa shape index (κ3) is 3.56. The first-order valence-corrected chi connectivity index (χ1v) is 8.47.